The summed E-state index contributed by atoms with van der Waals surface area (Å²) in [4.78, 5) is 0. The van der Waals surface area contributed by atoms with Crippen LogP contribution in [0.5, 0.6) is 5.75 Å². The average molecular weight is 274 g/mol. The lowest BCUT2D eigenvalue weighted by Gasteiger charge is -2.08. The zero-order valence-corrected chi connectivity index (χ0v) is 10.3. The molecule has 0 spiro atoms. The number of rotatable bonds is 1. The molecule has 16 heavy (non-hydrogen) atoms. The summed E-state index contributed by atoms with van der Waals surface area (Å²) in [7, 11) is 0. The Balaban J connectivity index is 2.67. The van der Waals surface area contributed by atoms with Crippen LogP contribution in [0.2, 0.25) is 15.1 Å². The Morgan fingerprint density at radius 3 is 2.31 bits per heavy atom. The van der Waals surface area contributed by atoms with Gasteiger partial charge >= 0.3 is 0 Å². The van der Waals surface area contributed by atoms with Gasteiger partial charge in [-0.1, -0.05) is 46.9 Å². The maximum Gasteiger partial charge on any atom is 0.116 e. The highest BCUT2D eigenvalue weighted by Crippen LogP contribution is 2.38. The van der Waals surface area contributed by atoms with Crippen LogP contribution in [-0.2, 0) is 0 Å². The third kappa shape index (κ3) is 2.12. The molecule has 2 aromatic carbocycles. The summed E-state index contributed by atoms with van der Waals surface area (Å²) in [6.07, 6.45) is 0. The number of phenolic OH excluding ortho intramolecular Hbond substituents is 1. The highest BCUT2D eigenvalue weighted by atomic mass is 35.5. The van der Waals surface area contributed by atoms with Crippen molar-refractivity contribution in [2.24, 2.45) is 0 Å². The van der Waals surface area contributed by atoms with Crippen LogP contribution in [0.25, 0.3) is 11.1 Å². The smallest absolute Gasteiger partial charge is 0.116 e. The molecule has 1 nitrogen and oxygen atoms in total. The first-order valence-electron chi connectivity index (χ1n) is 4.52. The Bertz CT molecular complexity index is 538. The van der Waals surface area contributed by atoms with Crippen molar-refractivity contribution >= 4 is 34.8 Å². The SMILES string of the molecule is Oc1ccc(Cl)c(-c2cccc(Cl)c2Cl)c1. The molecular weight excluding hydrogens is 266 g/mol. The Hall–Kier alpha value is -0.890. The summed E-state index contributed by atoms with van der Waals surface area (Å²) in [6.45, 7) is 0. The van der Waals surface area contributed by atoms with E-state index in [0.29, 0.717) is 26.2 Å². The van der Waals surface area contributed by atoms with Crippen LogP contribution in [0.15, 0.2) is 36.4 Å². The van der Waals surface area contributed by atoms with E-state index in [-0.39, 0.29) is 5.75 Å². The van der Waals surface area contributed by atoms with E-state index in [0.717, 1.165) is 0 Å². The van der Waals surface area contributed by atoms with Gasteiger partial charge in [0.05, 0.1) is 10.0 Å². The maximum atomic E-state index is 9.42. The third-order valence-corrected chi connectivity index (χ3v) is 3.34. The standard InChI is InChI=1S/C12H7Cl3O/c13-10-5-4-7(16)6-9(10)8-2-1-3-11(14)12(8)15/h1-6,16H. The molecule has 0 saturated carbocycles. The van der Waals surface area contributed by atoms with Gasteiger partial charge in [-0.2, -0.15) is 0 Å². The van der Waals surface area contributed by atoms with Crippen LogP contribution in [0.1, 0.15) is 0 Å². The number of hydrogen-bond donors (Lipinski definition) is 1. The number of benzene rings is 2. The van der Waals surface area contributed by atoms with Gasteiger partial charge in [-0.3, -0.25) is 0 Å². The molecule has 0 fully saturated rings. The normalized spacial score (nSPS) is 10.4. The van der Waals surface area contributed by atoms with E-state index in [4.69, 9.17) is 34.8 Å². The summed E-state index contributed by atoms with van der Waals surface area (Å²) < 4.78 is 0. The van der Waals surface area contributed by atoms with E-state index in [1.165, 1.54) is 6.07 Å². The molecule has 0 aromatic heterocycles. The molecule has 0 aliphatic heterocycles. The van der Waals surface area contributed by atoms with Gasteiger partial charge in [0.25, 0.3) is 0 Å². The molecule has 0 radical (unpaired) electrons. The molecular formula is C12H7Cl3O. The first-order chi connectivity index (χ1) is 7.59. The minimum atomic E-state index is 0.135. The molecule has 82 valence electrons. The summed E-state index contributed by atoms with van der Waals surface area (Å²) in [5, 5.41) is 10.8. The minimum absolute atomic E-state index is 0.135. The van der Waals surface area contributed by atoms with E-state index in [2.05, 4.69) is 0 Å². The van der Waals surface area contributed by atoms with Crippen LogP contribution in [0, 0.1) is 0 Å². The second-order valence-corrected chi connectivity index (χ2v) is 4.46. The van der Waals surface area contributed by atoms with Gasteiger partial charge in [0.2, 0.25) is 0 Å². The summed E-state index contributed by atoms with van der Waals surface area (Å²) in [5.74, 6) is 0.135. The van der Waals surface area contributed by atoms with Gasteiger partial charge in [0.1, 0.15) is 5.75 Å². The lowest BCUT2D eigenvalue weighted by atomic mass is 10.1. The molecule has 0 bridgehead atoms. The molecule has 0 amide bonds. The third-order valence-electron chi connectivity index (χ3n) is 2.19. The van der Waals surface area contributed by atoms with Crippen molar-refractivity contribution in [3.63, 3.8) is 0 Å². The molecule has 1 N–H and O–H groups in total. The van der Waals surface area contributed by atoms with E-state index in [1.54, 1.807) is 30.3 Å². The number of aromatic hydroxyl groups is 1. The van der Waals surface area contributed by atoms with Crippen molar-refractivity contribution in [3.05, 3.63) is 51.5 Å². The van der Waals surface area contributed by atoms with Crippen LogP contribution in [0.4, 0.5) is 0 Å². The van der Waals surface area contributed by atoms with Crippen molar-refractivity contribution in [2.45, 2.75) is 0 Å². The van der Waals surface area contributed by atoms with Crippen LogP contribution >= 0.6 is 34.8 Å². The van der Waals surface area contributed by atoms with Gasteiger partial charge in [0, 0.05) is 16.1 Å². The largest absolute Gasteiger partial charge is 0.508 e. The molecule has 0 unspecified atom stereocenters. The van der Waals surface area contributed by atoms with Crippen molar-refractivity contribution in [3.8, 4) is 16.9 Å². The molecule has 4 heteroatoms. The average Bonchev–Trinajstić information content (AvgIpc) is 2.26. The Morgan fingerprint density at radius 2 is 1.56 bits per heavy atom. The topological polar surface area (TPSA) is 20.2 Å². The van der Waals surface area contributed by atoms with Crippen LogP contribution in [-0.4, -0.2) is 5.11 Å². The van der Waals surface area contributed by atoms with Gasteiger partial charge < -0.3 is 5.11 Å². The zero-order valence-electron chi connectivity index (χ0n) is 8.05. The molecule has 0 heterocycles. The van der Waals surface area contributed by atoms with Gasteiger partial charge in [-0.25, -0.2) is 0 Å². The molecule has 0 aliphatic rings. The predicted molar refractivity (Wildman–Crippen MR) is 68.6 cm³/mol. The van der Waals surface area contributed by atoms with Crippen molar-refractivity contribution < 1.29 is 5.11 Å². The van der Waals surface area contributed by atoms with Gasteiger partial charge in [0.15, 0.2) is 0 Å². The zero-order chi connectivity index (χ0) is 11.7. The Kier molecular flexibility index (Phi) is 3.29. The molecule has 0 atom stereocenters. The van der Waals surface area contributed by atoms with Gasteiger partial charge in [-0.15, -0.1) is 0 Å². The summed E-state index contributed by atoms with van der Waals surface area (Å²) >= 11 is 18.0. The lowest BCUT2D eigenvalue weighted by molar-refractivity contribution is 0.475. The number of halogens is 3. The Morgan fingerprint density at radius 1 is 0.812 bits per heavy atom. The minimum Gasteiger partial charge on any atom is -0.508 e. The predicted octanol–water partition coefficient (Wildman–Crippen LogP) is 5.02. The number of hydrogen-bond acceptors (Lipinski definition) is 1. The van der Waals surface area contributed by atoms with E-state index < -0.39 is 0 Å². The Labute approximate surface area is 108 Å². The van der Waals surface area contributed by atoms with E-state index >= 15 is 0 Å². The van der Waals surface area contributed by atoms with Crippen LogP contribution in [0.3, 0.4) is 0 Å². The van der Waals surface area contributed by atoms with Gasteiger partial charge in [-0.05, 0) is 24.3 Å². The highest BCUT2D eigenvalue weighted by Gasteiger charge is 2.10. The van der Waals surface area contributed by atoms with Crippen LogP contribution < -0.4 is 0 Å². The second-order valence-electron chi connectivity index (χ2n) is 3.27. The second kappa shape index (κ2) is 4.54. The fourth-order valence-electron chi connectivity index (χ4n) is 1.43. The quantitative estimate of drug-likeness (QED) is 0.773. The van der Waals surface area contributed by atoms with Crippen molar-refractivity contribution in [1.82, 2.24) is 0 Å². The van der Waals surface area contributed by atoms with Crippen molar-refractivity contribution in [2.75, 3.05) is 0 Å². The first-order valence-corrected chi connectivity index (χ1v) is 5.66. The van der Waals surface area contributed by atoms with E-state index in [1.807, 2.05) is 0 Å². The maximum absolute atomic E-state index is 9.42. The van der Waals surface area contributed by atoms with Crippen molar-refractivity contribution in [1.29, 1.82) is 0 Å². The summed E-state index contributed by atoms with van der Waals surface area (Å²) in [6, 6.07) is 9.97. The number of phenols is 1. The highest BCUT2D eigenvalue weighted by molar-refractivity contribution is 6.44. The molecule has 2 aromatic rings. The molecule has 2 rings (SSSR count). The summed E-state index contributed by atoms with van der Waals surface area (Å²) in [5.41, 5.74) is 1.37. The fourth-order valence-corrected chi connectivity index (χ4v) is 2.05. The lowest BCUT2D eigenvalue weighted by Crippen LogP contribution is -1.82. The molecule has 0 aliphatic carbocycles. The van der Waals surface area contributed by atoms with E-state index in [9.17, 15) is 5.11 Å². The fraction of sp³-hybridized carbons (Fsp3) is 0. The monoisotopic (exact) mass is 272 g/mol. The molecule has 0 saturated heterocycles. The first kappa shape index (κ1) is 11.6.